The van der Waals surface area contributed by atoms with Crippen LogP contribution >= 0.6 is 0 Å². The summed E-state index contributed by atoms with van der Waals surface area (Å²) in [4.78, 5) is 28.9. The Balaban J connectivity index is 2.01. The maximum absolute atomic E-state index is 13.9. The number of sulfonamides is 1. The van der Waals surface area contributed by atoms with E-state index in [0.717, 1.165) is 52.2 Å². The van der Waals surface area contributed by atoms with Crippen LogP contribution in [0.3, 0.4) is 0 Å². The Kier molecular flexibility index (Phi) is 10.6. The van der Waals surface area contributed by atoms with E-state index in [1.165, 1.54) is 17.0 Å². The lowest BCUT2D eigenvalue weighted by Crippen LogP contribution is -2.53. The average Bonchev–Trinajstić information content (AvgIpc) is 2.91. The van der Waals surface area contributed by atoms with Crippen LogP contribution in [0.15, 0.2) is 78.9 Å². The molecule has 0 aliphatic carbocycles. The molecule has 7 nitrogen and oxygen atoms in total. The van der Waals surface area contributed by atoms with Gasteiger partial charge in [-0.2, -0.15) is 0 Å². The van der Waals surface area contributed by atoms with Crippen LogP contribution in [0, 0.1) is 12.7 Å². The first-order valence-electron chi connectivity index (χ1n) is 13.0. The van der Waals surface area contributed by atoms with Gasteiger partial charge in [-0.3, -0.25) is 13.9 Å². The Morgan fingerprint density at radius 2 is 1.56 bits per heavy atom. The predicted octanol–water partition coefficient (Wildman–Crippen LogP) is 4.46. The van der Waals surface area contributed by atoms with Crippen molar-refractivity contribution in [3.05, 3.63) is 101 Å². The molecule has 0 spiro atoms. The van der Waals surface area contributed by atoms with Gasteiger partial charge in [-0.25, -0.2) is 12.8 Å². The van der Waals surface area contributed by atoms with Crippen LogP contribution in [0.5, 0.6) is 0 Å². The van der Waals surface area contributed by atoms with Crippen molar-refractivity contribution in [1.82, 2.24) is 10.2 Å². The van der Waals surface area contributed by atoms with Crippen LogP contribution in [0.25, 0.3) is 0 Å². The van der Waals surface area contributed by atoms with Gasteiger partial charge in [0.2, 0.25) is 21.8 Å². The molecule has 0 bridgehead atoms. The average molecular weight is 554 g/mol. The summed E-state index contributed by atoms with van der Waals surface area (Å²) in [5.74, 6) is -1.37. The molecule has 3 aromatic rings. The highest BCUT2D eigenvalue weighted by molar-refractivity contribution is 7.92. The smallest absolute Gasteiger partial charge is 0.244 e. The van der Waals surface area contributed by atoms with E-state index >= 15 is 0 Å². The number of nitrogens with one attached hydrogen (secondary N) is 1. The third kappa shape index (κ3) is 8.92. The normalized spacial score (nSPS) is 12.0. The number of hydrogen-bond donors (Lipinski definition) is 1. The molecule has 39 heavy (non-hydrogen) atoms. The molecule has 9 heteroatoms. The second-order valence-electron chi connectivity index (χ2n) is 9.60. The summed E-state index contributed by atoms with van der Waals surface area (Å²) in [6, 6.07) is 21.0. The van der Waals surface area contributed by atoms with Gasteiger partial charge in [0.15, 0.2) is 0 Å². The first kappa shape index (κ1) is 29.8. The molecule has 0 unspecified atom stereocenters. The lowest BCUT2D eigenvalue weighted by Gasteiger charge is -2.33. The zero-order valence-electron chi connectivity index (χ0n) is 22.6. The first-order valence-corrected chi connectivity index (χ1v) is 14.8. The number of unbranched alkanes of at least 4 members (excludes halogenated alkanes) is 1. The second kappa shape index (κ2) is 13.9. The molecule has 0 radical (unpaired) electrons. The van der Waals surface area contributed by atoms with E-state index in [0.29, 0.717) is 6.54 Å². The van der Waals surface area contributed by atoms with Gasteiger partial charge in [0.1, 0.15) is 18.4 Å². The fourth-order valence-electron chi connectivity index (χ4n) is 4.17. The Bertz CT molecular complexity index is 1330. The number of halogens is 1. The topological polar surface area (TPSA) is 86.8 Å². The Hall–Kier alpha value is -3.72. The summed E-state index contributed by atoms with van der Waals surface area (Å²) in [7, 11) is -3.90. The lowest BCUT2D eigenvalue weighted by atomic mass is 10.0. The zero-order chi connectivity index (χ0) is 28.4. The molecule has 208 valence electrons. The van der Waals surface area contributed by atoms with Crippen molar-refractivity contribution in [3.63, 3.8) is 0 Å². The summed E-state index contributed by atoms with van der Waals surface area (Å²) in [5, 5.41) is 2.95. The number of carbonyl (C=O) groups is 2. The number of rotatable bonds is 13. The molecule has 0 aliphatic heterocycles. The van der Waals surface area contributed by atoms with Crippen LogP contribution in [0.2, 0.25) is 0 Å². The molecule has 0 aliphatic rings. The minimum atomic E-state index is -3.90. The van der Waals surface area contributed by atoms with Gasteiger partial charge in [0, 0.05) is 19.5 Å². The van der Waals surface area contributed by atoms with Crippen molar-refractivity contribution < 1.29 is 22.4 Å². The molecule has 2 amide bonds. The van der Waals surface area contributed by atoms with Gasteiger partial charge >= 0.3 is 0 Å². The molecular formula is C30H36FN3O4S. The Morgan fingerprint density at radius 3 is 2.15 bits per heavy atom. The van der Waals surface area contributed by atoms with Crippen molar-refractivity contribution in [2.45, 2.75) is 45.7 Å². The third-order valence-corrected chi connectivity index (χ3v) is 7.51. The van der Waals surface area contributed by atoms with E-state index in [2.05, 4.69) is 5.32 Å². The van der Waals surface area contributed by atoms with Crippen molar-refractivity contribution in [2.24, 2.45) is 0 Å². The molecule has 1 atom stereocenters. The van der Waals surface area contributed by atoms with Crippen LogP contribution < -0.4 is 9.62 Å². The predicted molar refractivity (Wildman–Crippen MR) is 152 cm³/mol. The van der Waals surface area contributed by atoms with E-state index in [9.17, 15) is 22.4 Å². The van der Waals surface area contributed by atoms with E-state index in [1.807, 2.05) is 68.4 Å². The highest BCUT2D eigenvalue weighted by atomic mass is 32.2. The summed E-state index contributed by atoms with van der Waals surface area (Å²) < 4.78 is 39.9. The summed E-state index contributed by atoms with van der Waals surface area (Å²) in [6.07, 6.45) is 2.94. The van der Waals surface area contributed by atoms with Crippen LogP contribution in [0.4, 0.5) is 10.1 Å². The molecule has 0 saturated carbocycles. The zero-order valence-corrected chi connectivity index (χ0v) is 23.5. The molecule has 0 fully saturated rings. The lowest BCUT2D eigenvalue weighted by molar-refractivity contribution is -0.140. The van der Waals surface area contributed by atoms with Crippen molar-refractivity contribution in [3.8, 4) is 0 Å². The van der Waals surface area contributed by atoms with Crippen LogP contribution in [0.1, 0.15) is 36.5 Å². The van der Waals surface area contributed by atoms with Crippen LogP contribution in [-0.4, -0.2) is 50.5 Å². The monoisotopic (exact) mass is 553 g/mol. The van der Waals surface area contributed by atoms with Gasteiger partial charge < -0.3 is 10.2 Å². The van der Waals surface area contributed by atoms with Gasteiger partial charge in [0.05, 0.1) is 11.9 Å². The Morgan fingerprint density at radius 1 is 0.923 bits per heavy atom. The fourth-order valence-corrected chi connectivity index (χ4v) is 5.02. The van der Waals surface area contributed by atoms with E-state index in [-0.39, 0.29) is 24.6 Å². The minimum Gasteiger partial charge on any atom is -0.354 e. The number of anilines is 1. The number of nitrogens with zero attached hydrogens (tertiary/aromatic N) is 2. The van der Waals surface area contributed by atoms with E-state index in [1.54, 1.807) is 0 Å². The van der Waals surface area contributed by atoms with Crippen molar-refractivity contribution in [1.29, 1.82) is 0 Å². The SMILES string of the molecule is CCCCNC(=O)[C@@H](Cc1ccccc1)N(Cc1ccc(C)cc1)C(=O)CN(c1ccc(F)cc1)S(C)(=O)=O. The summed E-state index contributed by atoms with van der Waals surface area (Å²) in [5.41, 5.74) is 2.89. The molecular weight excluding hydrogens is 517 g/mol. The second-order valence-corrected chi connectivity index (χ2v) is 11.5. The molecule has 0 saturated heterocycles. The number of carbonyl (C=O) groups excluding carboxylic acids is 2. The van der Waals surface area contributed by atoms with E-state index in [4.69, 9.17) is 0 Å². The fraction of sp³-hybridized carbons (Fsp3) is 0.333. The standard InChI is InChI=1S/C30H36FN3O4S/c1-4-5-19-32-30(36)28(20-24-9-7-6-8-10-24)33(21-25-13-11-23(2)12-14-25)29(35)22-34(39(3,37)38)27-17-15-26(31)16-18-27/h6-18,28H,4-5,19-22H2,1-3H3,(H,32,36)/t28-/m1/s1. The first-order chi connectivity index (χ1) is 18.6. The molecule has 3 rings (SSSR count). The third-order valence-electron chi connectivity index (χ3n) is 6.37. The van der Waals surface area contributed by atoms with Crippen LogP contribution in [-0.2, 0) is 32.6 Å². The van der Waals surface area contributed by atoms with Crippen molar-refractivity contribution in [2.75, 3.05) is 23.7 Å². The largest absolute Gasteiger partial charge is 0.354 e. The highest BCUT2D eigenvalue weighted by Gasteiger charge is 2.33. The summed E-state index contributed by atoms with van der Waals surface area (Å²) >= 11 is 0. The highest BCUT2D eigenvalue weighted by Crippen LogP contribution is 2.21. The quantitative estimate of drug-likeness (QED) is 0.317. The van der Waals surface area contributed by atoms with Gasteiger partial charge in [-0.05, 0) is 48.7 Å². The number of aryl methyl sites for hydroxylation is 1. The molecule has 0 heterocycles. The maximum atomic E-state index is 13.9. The molecule has 3 aromatic carbocycles. The number of amides is 2. The molecule has 0 aromatic heterocycles. The number of benzene rings is 3. The van der Waals surface area contributed by atoms with Gasteiger partial charge in [-0.15, -0.1) is 0 Å². The number of hydrogen-bond acceptors (Lipinski definition) is 4. The minimum absolute atomic E-state index is 0.110. The molecule has 1 N–H and O–H groups in total. The van der Waals surface area contributed by atoms with E-state index < -0.39 is 34.3 Å². The Labute approximate surface area is 230 Å². The summed E-state index contributed by atoms with van der Waals surface area (Å²) in [6.45, 7) is 4.02. The maximum Gasteiger partial charge on any atom is 0.244 e. The van der Waals surface area contributed by atoms with Crippen molar-refractivity contribution >= 4 is 27.5 Å². The van der Waals surface area contributed by atoms with Gasteiger partial charge in [-0.1, -0.05) is 73.5 Å². The van der Waals surface area contributed by atoms with Gasteiger partial charge in [0.25, 0.3) is 0 Å².